The highest BCUT2D eigenvalue weighted by molar-refractivity contribution is 5.13. The number of benzene rings is 1. The molecule has 0 spiro atoms. The number of ether oxygens (including phenoxy) is 1. The topological polar surface area (TPSA) is 55.5 Å². The zero-order chi connectivity index (χ0) is 11.4. The van der Waals surface area contributed by atoms with Gasteiger partial charge in [-0.05, 0) is 18.4 Å². The second-order valence-electron chi connectivity index (χ2n) is 4.59. The summed E-state index contributed by atoms with van der Waals surface area (Å²) in [6.07, 6.45) is 2.47. The molecule has 16 heavy (non-hydrogen) atoms. The van der Waals surface area contributed by atoms with Crippen molar-refractivity contribution in [2.45, 2.75) is 37.6 Å². The molecule has 1 fully saturated rings. The molecule has 2 unspecified atom stereocenters. The SMILES string of the molecule is NCC1(O)CCC(OCc2ccccc2)C1. The maximum Gasteiger partial charge on any atom is 0.0795 e. The van der Waals surface area contributed by atoms with Gasteiger partial charge in [-0.3, -0.25) is 0 Å². The van der Waals surface area contributed by atoms with Crippen LogP contribution in [0.3, 0.4) is 0 Å². The van der Waals surface area contributed by atoms with Crippen molar-refractivity contribution >= 4 is 0 Å². The summed E-state index contributed by atoms with van der Waals surface area (Å²) in [6.45, 7) is 0.949. The van der Waals surface area contributed by atoms with Crippen molar-refractivity contribution in [3.8, 4) is 0 Å². The predicted molar refractivity (Wildman–Crippen MR) is 62.9 cm³/mol. The fourth-order valence-corrected chi connectivity index (χ4v) is 2.17. The van der Waals surface area contributed by atoms with Crippen molar-refractivity contribution in [3.05, 3.63) is 35.9 Å². The first kappa shape index (κ1) is 11.6. The van der Waals surface area contributed by atoms with Gasteiger partial charge in [-0.25, -0.2) is 0 Å². The molecule has 0 aromatic heterocycles. The number of rotatable bonds is 4. The molecule has 0 bridgehead atoms. The second-order valence-corrected chi connectivity index (χ2v) is 4.59. The van der Waals surface area contributed by atoms with Crippen molar-refractivity contribution < 1.29 is 9.84 Å². The van der Waals surface area contributed by atoms with Gasteiger partial charge in [0.2, 0.25) is 0 Å². The van der Waals surface area contributed by atoms with Crippen molar-refractivity contribution in [1.82, 2.24) is 0 Å². The zero-order valence-corrected chi connectivity index (χ0v) is 9.43. The van der Waals surface area contributed by atoms with Crippen LogP contribution in [0, 0.1) is 0 Å². The van der Waals surface area contributed by atoms with Crippen LogP contribution in [0.15, 0.2) is 30.3 Å². The van der Waals surface area contributed by atoms with Crippen molar-refractivity contribution in [3.63, 3.8) is 0 Å². The number of hydrogen-bond donors (Lipinski definition) is 2. The lowest BCUT2D eigenvalue weighted by Gasteiger charge is -2.20. The summed E-state index contributed by atoms with van der Waals surface area (Å²) in [6, 6.07) is 10.1. The molecule has 0 heterocycles. The first-order valence-corrected chi connectivity index (χ1v) is 5.80. The van der Waals surface area contributed by atoms with E-state index in [0.717, 1.165) is 12.8 Å². The third-order valence-electron chi connectivity index (χ3n) is 3.25. The predicted octanol–water partition coefficient (Wildman–Crippen LogP) is 1.45. The van der Waals surface area contributed by atoms with Crippen molar-refractivity contribution in [2.75, 3.05) is 6.54 Å². The molecule has 3 N–H and O–H groups in total. The van der Waals surface area contributed by atoms with Crippen LogP contribution in [0.2, 0.25) is 0 Å². The maximum atomic E-state index is 9.96. The van der Waals surface area contributed by atoms with E-state index in [4.69, 9.17) is 10.5 Å². The standard InChI is InChI=1S/C13H19NO2/c14-10-13(15)7-6-12(8-13)16-9-11-4-2-1-3-5-11/h1-5,12,15H,6-10,14H2. The minimum absolute atomic E-state index is 0.147. The Morgan fingerprint density at radius 2 is 2.12 bits per heavy atom. The van der Waals surface area contributed by atoms with Crippen molar-refractivity contribution in [1.29, 1.82) is 0 Å². The molecule has 1 aliphatic rings. The van der Waals surface area contributed by atoms with Gasteiger partial charge >= 0.3 is 0 Å². The molecule has 2 rings (SSSR count). The summed E-state index contributed by atoms with van der Waals surface area (Å²) in [4.78, 5) is 0. The lowest BCUT2D eigenvalue weighted by molar-refractivity contribution is 0.00631. The third kappa shape index (κ3) is 2.82. The lowest BCUT2D eigenvalue weighted by Crippen LogP contribution is -2.35. The molecule has 3 nitrogen and oxygen atoms in total. The Balaban J connectivity index is 1.80. The molecule has 1 aromatic carbocycles. The molecule has 88 valence electrons. The molecule has 1 saturated carbocycles. The first-order valence-electron chi connectivity index (χ1n) is 5.80. The summed E-state index contributed by atoms with van der Waals surface area (Å²) in [5.74, 6) is 0. The average Bonchev–Trinajstić information content (AvgIpc) is 2.71. The normalized spacial score (nSPS) is 29.5. The Hall–Kier alpha value is -0.900. The van der Waals surface area contributed by atoms with Gasteiger partial charge in [-0.15, -0.1) is 0 Å². The molecule has 1 aromatic rings. The third-order valence-corrected chi connectivity index (χ3v) is 3.25. The first-order chi connectivity index (χ1) is 7.72. The summed E-state index contributed by atoms with van der Waals surface area (Å²) in [5, 5.41) is 9.96. The smallest absolute Gasteiger partial charge is 0.0795 e. The van der Waals surface area contributed by atoms with E-state index >= 15 is 0 Å². The lowest BCUT2D eigenvalue weighted by atomic mass is 10.0. The van der Waals surface area contributed by atoms with Crippen LogP contribution in [-0.4, -0.2) is 23.4 Å². The summed E-state index contributed by atoms with van der Waals surface area (Å²) >= 11 is 0. The molecule has 3 heteroatoms. The van der Waals surface area contributed by atoms with Gasteiger partial charge in [0.05, 0.1) is 18.3 Å². The maximum absolute atomic E-state index is 9.96. The van der Waals surface area contributed by atoms with Gasteiger partial charge < -0.3 is 15.6 Å². The van der Waals surface area contributed by atoms with Crippen molar-refractivity contribution in [2.24, 2.45) is 5.73 Å². The Kier molecular flexibility index (Phi) is 3.59. The van der Waals surface area contributed by atoms with Crippen LogP contribution in [0.5, 0.6) is 0 Å². The van der Waals surface area contributed by atoms with Crippen LogP contribution < -0.4 is 5.73 Å². The molecule has 0 amide bonds. The van der Waals surface area contributed by atoms with Gasteiger partial charge in [0.15, 0.2) is 0 Å². The van der Waals surface area contributed by atoms with E-state index in [2.05, 4.69) is 0 Å². The van der Waals surface area contributed by atoms with Crippen LogP contribution in [0.1, 0.15) is 24.8 Å². The summed E-state index contributed by atoms with van der Waals surface area (Å²) < 4.78 is 5.77. The number of hydrogen-bond acceptors (Lipinski definition) is 3. The van der Waals surface area contributed by atoms with E-state index < -0.39 is 5.60 Å². The largest absolute Gasteiger partial charge is 0.388 e. The average molecular weight is 221 g/mol. The highest BCUT2D eigenvalue weighted by atomic mass is 16.5. The van der Waals surface area contributed by atoms with Gasteiger partial charge in [0, 0.05) is 13.0 Å². The molecule has 2 atom stereocenters. The Labute approximate surface area is 96.2 Å². The molecule has 0 saturated heterocycles. The van der Waals surface area contributed by atoms with Gasteiger partial charge in [-0.1, -0.05) is 30.3 Å². The van der Waals surface area contributed by atoms with Gasteiger partial charge in [0.1, 0.15) is 0 Å². The second kappa shape index (κ2) is 4.95. The highest BCUT2D eigenvalue weighted by Gasteiger charge is 2.36. The fraction of sp³-hybridized carbons (Fsp3) is 0.538. The summed E-state index contributed by atoms with van der Waals surface area (Å²) in [7, 11) is 0. The molecule has 1 aliphatic carbocycles. The minimum atomic E-state index is -0.693. The van der Waals surface area contributed by atoms with E-state index in [-0.39, 0.29) is 6.10 Å². The molecular weight excluding hydrogens is 202 g/mol. The fourth-order valence-electron chi connectivity index (χ4n) is 2.17. The van der Waals surface area contributed by atoms with E-state index in [1.54, 1.807) is 0 Å². The van der Waals surface area contributed by atoms with E-state index in [9.17, 15) is 5.11 Å². The van der Waals surface area contributed by atoms with Crippen LogP contribution in [0.4, 0.5) is 0 Å². The highest BCUT2D eigenvalue weighted by Crippen LogP contribution is 2.31. The minimum Gasteiger partial charge on any atom is -0.388 e. The zero-order valence-electron chi connectivity index (χ0n) is 9.43. The Morgan fingerprint density at radius 3 is 2.75 bits per heavy atom. The van der Waals surface area contributed by atoms with E-state index in [1.165, 1.54) is 5.56 Å². The van der Waals surface area contributed by atoms with E-state index in [1.807, 2.05) is 30.3 Å². The number of aliphatic hydroxyl groups is 1. The summed E-state index contributed by atoms with van der Waals surface area (Å²) in [5.41, 5.74) is 6.01. The van der Waals surface area contributed by atoms with Gasteiger partial charge in [-0.2, -0.15) is 0 Å². The van der Waals surface area contributed by atoms with Crippen LogP contribution in [0.25, 0.3) is 0 Å². The monoisotopic (exact) mass is 221 g/mol. The number of nitrogens with two attached hydrogens (primary N) is 1. The Bertz CT molecular complexity index is 328. The molecule has 0 radical (unpaired) electrons. The Morgan fingerprint density at radius 1 is 1.38 bits per heavy atom. The molecular formula is C13H19NO2. The van der Waals surface area contributed by atoms with E-state index in [0.29, 0.717) is 19.6 Å². The van der Waals surface area contributed by atoms with Crippen LogP contribution in [-0.2, 0) is 11.3 Å². The van der Waals surface area contributed by atoms with Gasteiger partial charge in [0.25, 0.3) is 0 Å². The van der Waals surface area contributed by atoms with Crippen LogP contribution >= 0.6 is 0 Å². The molecule has 0 aliphatic heterocycles. The quantitative estimate of drug-likeness (QED) is 0.809.